The van der Waals surface area contributed by atoms with Gasteiger partial charge in [-0.25, -0.2) is 4.98 Å². The van der Waals surface area contributed by atoms with E-state index in [0.717, 1.165) is 48.1 Å². The maximum Gasteiger partial charge on any atom is 0.161 e. The van der Waals surface area contributed by atoms with E-state index < -0.39 is 0 Å². The van der Waals surface area contributed by atoms with Crippen molar-refractivity contribution in [3.63, 3.8) is 0 Å². The highest BCUT2D eigenvalue weighted by Gasteiger charge is 2.16. The highest BCUT2D eigenvalue weighted by Crippen LogP contribution is 2.31. The van der Waals surface area contributed by atoms with Crippen LogP contribution in [0, 0.1) is 6.92 Å². The normalized spacial score (nSPS) is 12.2. The van der Waals surface area contributed by atoms with Gasteiger partial charge in [-0.1, -0.05) is 19.4 Å². The molecule has 0 amide bonds. The van der Waals surface area contributed by atoms with Crippen LogP contribution >= 0.6 is 11.3 Å². The summed E-state index contributed by atoms with van der Waals surface area (Å²) in [4.78, 5) is 4.59. The molecule has 1 heterocycles. The van der Waals surface area contributed by atoms with Gasteiger partial charge in [0, 0.05) is 23.5 Å². The van der Waals surface area contributed by atoms with E-state index in [-0.39, 0.29) is 5.92 Å². The summed E-state index contributed by atoms with van der Waals surface area (Å²) < 4.78 is 11.6. The highest BCUT2D eigenvalue weighted by atomic mass is 32.1. The molecule has 0 bridgehead atoms. The van der Waals surface area contributed by atoms with E-state index in [1.165, 1.54) is 5.56 Å². The summed E-state index contributed by atoms with van der Waals surface area (Å²) in [7, 11) is 0. The zero-order valence-corrected chi connectivity index (χ0v) is 15.7. The first-order chi connectivity index (χ1) is 11.7. The van der Waals surface area contributed by atoms with Crippen LogP contribution < -0.4 is 15.2 Å². The van der Waals surface area contributed by atoms with Gasteiger partial charge >= 0.3 is 0 Å². The number of unbranched alkanes of at least 4 members (excludes halogenated alkanes) is 1. The SMILES string of the molecule is CCCCOc1ccc(CC(CN)c2nc(C)cs2)cc1OCC. The molecule has 1 unspecified atom stereocenters. The van der Waals surface area contributed by atoms with Crippen LogP contribution in [0.1, 0.15) is 48.9 Å². The molecule has 4 nitrogen and oxygen atoms in total. The molecule has 2 rings (SSSR count). The third kappa shape index (κ3) is 5.21. The van der Waals surface area contributed by atoms with Crippen molar-refractivity contribution < 1.29 is 9.47 Å². The van der Waals surface area contributed by atoms with E-state index in [1.807, 2.05) is 19.9 Å². The molecule has 0 aliphatic heterocycles. The van der Waals surface area contributed by atoms with Gasteiger partial charge in [0.05, 0.1) is 18.2 Å². The Morgan fingerprint density at radius 2 is 2.04 bits per heavy atom. The van der Waals surface area contributed by atoms with Crippen LogP contribution in [0.5, 0.6) is 11.5 Å². The molecule has 1 atom stereocenters. The molecule has 0 saturated heterocycles. The zero-order chi connectivity index (χ0) is 17.4. The maximum absolute atomic E-state index is 5.98. The second-order valence-electron chi connectivity index (χ2n) is 5.88. The van der Waals surface area contributed by atoms with E-state index in [1.54, 1.807) is 11.3 Å². The van der Waals surface area contributed by atoms with Crippen LogP contribution in [0.2, 0.25) is 0 Å². The van der Waals surface area contributed by atoms with Crippen molar-refractivity contribution in [2.75, 3.05) is 19.8 Å². The molecule has 0 aliphatic rings. The molecule has 24 heavy (non-hydrogen) atoms. The van der Waals surface area contributed by atoms with Crippen LogP contribution in [-0.2, 0) is 6.42 Å². The van der Waals surface area contributed by atoms with Gasteiger partial charge in [-0.2, -0.15) is 0 Å². The van der Waals surface area contributed by atoms with Crippen molar-refractivity contribution in [2.24, 2.45) is 5.73 Å². The van der Waals surface area contributed by atoms with Crippen LogP contribution in [0.3, 0.4) is 0 Å². The second kappa shape index (κ2) is 9.64. The smallest absolute Gasteiger partial charge is 0.161 e. The predicted molar refractivity (Wildman–Crippen MR) is 100 cm³/mol. The molecule has 1 aromatic heterocycles. The van der Waals surface area contributed by atoms with E-state index >= 15 is 0 Å². The molecule has 0 saturated carbocycles. The van der Waals surface area contributed by atoms with Gasteiger partial charge in [0.25, 0.3) is 0 Å². The molecule has 2 N–H and O–H groups in total. The highest BCUT2D eigenvalue weighted by molar-refractivity contribution is 7.09. The van der Waals surface area contributed by atoms with Crippen LogP contribution in [-0.4, -0.2) is 24.7 Å². The second-order valence-corrected chi connectivity index (χ2v) is 6.77. The topological polar surface area (TPSA) is 57.4 Å². The molecular formula is C19H28N2O2S. The molecule has 2 aromatic rings. The van der Waals surface area contributed by atoms with Crippen molar-refractivity contribution in [3.8, 4) is 11.5 Å². The van der Waals surface area contributed by atoms with Crippen LogP contribution in [0.15, 0.2) is 23.6 Å². The third-order valence-electron chi connectivity index (χ3n) is 3.82. The maximum atomic E-state index is 5.98. The Kier molecular flexibility index (Phi) is 7.53. The summed E-state index contributed by atoms with van der Waals surface area (Å²) in [6.45, 7) is 8.10. The van der Waals surface area contributed by atoms with Gasteiger partial charge in [0.2, 0.25) is 0 Å². The quantitative estimate of drug-likeness (QED) is 0.650. The molecule has 0 aliphatic carbocycles. The van der Waals surface area contributed by atoms with Gasteiger partial charge in [-0.05, 0) is 44.4 Å². The Labute approximate surface area is 149 Å². The number of aryl methyl sites for hydroxylation is 1. The number of thiazole rings is 1. The van der Waals surface area contributed by atoms with E-state index in [9.17, 15) is 0 Å². The lowest BCUT2D eigenvalue weighted by Gasteiger charge is -2.16. The summed E-state index contributed by atoms with van der Waals surface area (Å²) in [5.74, 6) is 1.88. The van der Waals surface area contributed by atoms with Gasteiger partial charge < -0.3 is 15.2 Å². The number of nitrogens with zero attached hydrogens (tertiary/aromatic N) is 1. The van der Waals surface area contributed by atoms with E-state index in [0.29, 0.717) is 13.2 Å². The zero-order valence-electron chi connectivity index (χ0n) is 14.9. The van der Waals surface area contributed by atoms with Gasteiger partial charge in [-0.3, -0.25) is 0 Å². The summed E-state index contributed by atoms with van der Waals surface area (Å²) in [6, 6.07) is 6.19. The lowest BCUT2D eigenvalue weighted by molar-refractivity contribution is 0.272. The Bertz CT molecular complexity index is 628. The largest absolute Gasteiger partial charge is 0.490 e. The first-order valence-electron chi connectivity index (χ1n) is 8.68. The summed E-state index contributed by atoms with van der Waals surface area (Å²) in [5.41, 5.74) is 8.24. The molecule has 1 aromatic carbocycles. The number of hydrogen-bond acceptors (Lipinski definition) is 5. The van der Waals surface area contributed by atoms with Gasteiger partial charge in [-0.15, -0.1) is 11.3 Å². The van der Waals surface area contributed by atoms with Gasteiger partial charge in [0.15, 0.2) is 11.5 Å². The number of hydrogen-bond donors (Lipinski definition) is 1. The van der Waals surface area contributed by atoms with Crippen molar-refractivity contribution >= 4 is 11.3 Å². The standard InChI is InChI=1S/C19H28N2O2S/c1-4-6-9-23-17-8-7-15(11-18(17)22-5-2)10-16(12-20)19-21-14(3)13-24-19/h7-8,11,13,16H,4-6,9-10,12,20H2,1-3H3. The lowest BCUT2D eigenvalue weighted by atomic mass is 9.99. The van der Waals surface area contributed by atoms with Crippen molar-refractivity contribution in [1.82, 2.24) is 4.98 Å². The average molecular weight is 349 g/mol. The Balaban J connectivity index is 2.12. The molecule has 5 heteroatoms. The van der Waals surface area contributed by atoms with Crippen molar-refractivity contribution in [3.05, 3.63) is 39.8 Å². The molecule has 0 fully saturated rings. The number of benzene rings is 1. The number of ether oxygens (including phenoxy) is 2. The molecule has 132 valence electrons. The number of aromatic nitrogens is 1. The number of rotatable bonds is 10. The minimum Gasteiger partial charge on any atom is -0.490 e. The Morgan fingerprint density at radius 3 is 2.67 bits per heavy atom. The van der Waals surface area contributed by atoms with E-state index in [4.69, 9.17) is 15.2 Å². The van der Waals surface area contributed by atoms with Crippen LogP contribution in [0.25, 0.3) is 0 Å². The minimum absolute atomic E-state index is 0.241. The fourth-order valence-electron chi connectivity index (χ4n) is 2.51. The summed E-state index contributed by atoms with van der Waals surface area (Å²) in [6.07, 6.45) is 3.03. The fraction of sp³-hybridized carbons (Fsp3) is 0.526. The van der Waals surface area contributed by atoms with Crippen molar-refractivity contribution in [1.29, 1.82) is 0 Å². The first-order valence-corrected chi connectivity index (χ1v) is 9.56. The molecule has 0 radical (unpaired) electrons. The summed E-state index contributed by atoms with van der Waals surface area (Å²) in [5, 5.41) is 3.19. The summed E-state index contributed by atoms with van der Waals surface area (Å²) >= 11 is 1.69. The van der Waals surface area contributed by atoms with Crippen molar-refractivity contribution in [2.45, 2.75) is 46.0 Å². The van der Waals surface area contributed by atoms with E-state index in [2.05, 4.69) is 29.4 Å². The molecular weight excluding hydrogens is 320 g/mol. The van der Waals surface area contributed by atoms with Gasteiger partial charge in [0.1, 0.15) is 0 Å². The Morgan fingerprint density at radius 1 is 1.21 bits per heavy atom. The average Bonchev–Trinajstić information content (AvgIpc) is 3.01. The molecule has 0 spiro atoms. The predicted octanol–water partition coefficient (Wildman–Crippen LogP) is 4.31. The fourth-order valence-corrected chi connectivity index (χ4v) is 3.42. The number of nitrogens with two attached hydrogens (primary N) is 1. The van der Waals surface area contributed by atoms with Crippen LogP contribution in [0.4, 0.5) is 0 Å². The lowest BCUT2D eigenvalue weighted by Crippen LogP contribution is -2.15. The monoisotopic (exact) mass is 348 g/mol. The third-order valence-corrected chi connectivity index (χ3v) is 4.94. The minimum atomic E-state index is 0.241. The Hall–Kier alpha value is -1.59. The first kappa shape index (κ1) is 18.7.